The van der Waals surface area contributed by atoms with Gasteiger partial charge in [-0.2, -0.15) is 0 Å². The highest BCUT2D eigenvalue weighted by atomic mass is 16.5. The van der Waals surface area contributed by atoms with E-state index in [-0.39, 0.29) is 11.8 Å². The fourth-order valence-electron chi connectivity index (χ4n) is 2.59. The van der Waals surface area contributed by atoms with Gasteiger partial charge in [0.1, 0.15) is 0 Å². The van der Waals surface area contributed by atoms with Crippen molar-refractivity contribution in [3.63, 3.8) is 0 Å². The van der Waals surface area contributed by atoms with Crippen LogP contribution >= 0.6 is 0 Å². The van der Waals surface area contributed by atoms with Gasteiger partial charge in [-0.15, -0.1) is 0 Å². The van der Waals surface area contributed by atoms with E-state index in [2.05, 4.69) is 10.6 Å². The summed E-state index contributed by atoms with van der Waals surface area (Å²) in [5.41, 5.74) is 0.875. The summed E-state index contributed by atoms with van der Waals surface area (Å²) in [6, 6.07) is 14.1. The van der Waals surface area contributed by atoms with Crippen molar-refractivity contribution >= 4 is 17.5 Å². The van der Waals surface area contributed by atoms with Gasteiger partial charge in [-0.25, -0.2) is 0 Å². The number of methoxy groups -OCH3 is 1. The second-order valence-electron chi connectivity index (χ2n) is 6.80. The van der Waals surface area contributed by atoms with Crippen LogP contribution in [0.15, 0.2) is 48.5 Å². The third kappa shape index (κ3) is 5.74. The maximum atomic E-state index is 12.8. The number of amides is 2. The Morgan fingerprint density at radius 3 is 2.29 bits per heavy atom. The highest BCUT2D eigenvalue weighted by molar-refractivity contribution is 6.04. The first-order chi connectivity index (χ1) is 13.5. The third-order valence-electron chi connectivity index (χ3n) is 4.10. The first-order valence-corrected chi connectivity index (χ1v) is 9.44. The van der Waals surface area contributed by atoms with Crippen LogP contribution in [0, 0.1) is 5.92 Å². The molecule has 0 bridgehead atoms. The minimum Gasteiger partial charge on any atom is -0.493 e. The number of nitrogens with one attached hydrogen (secondary N) is 2. The summed E-state index contributed by atoms with van der Waals surface area (Å²) >= 11 is 0. The lowest BCUT2D eigenvalue weighted by Crippen LogP contribution is -2.34. The minimum atomic E-state index is -0.719. The molecular formula is C22H28N2O4. The van der Waals surface area contributed by atoms with E-state index >= 15 is 0 Å². The number of carbonyl (C=O) groups is 2. The molecule has 0 fully saturated rings. The van der Waals surface area contributed by atoms with E-state index in [4.69, 9.17) is 9.47 Å². The van der Waals surface area contributed by atoms with Crippen LogP contribution < -0.4 is 20.1 Å². The summed E-state index contributed by atoms with van der Waals surface area (Å²) in [5.74, 6) is 0.849. The van der Waals surface area contributed by atoms with Crippen molar-refractivity contribution in [2.45, 2.75) is 33.3 Å². The monoisotopic (exact) mass is 384 g/mol. The van der Waals surface area contributed by atoms with Crippen molar-refractivity contribution in [2.24, 2.45) is 5.92 Å². The molecule has 2 aromatic rings. The van der Waals surface area contributed by atoms with E-state index in [1.54, 1.807) is 43.5 Å². The number of hydrogen-bond donors (Lipinski definition) is 2. The number of rotatable bonds is 9. The quantitative estimate of drug-likeness (QED) is 0.688. The molecule has 150 valence electrons. The van der Waals surface area contributed by atoms with Crippen molar-refractivity contribution in [3.8, 4) is 11.5 Å². The van der Waals surface area contributed by atoms with E-state index < -0.39 is 6.10 Å². The largest absolute Gasteiger partial charge is 0.493 e. The molecule has 0 aliphatic carbocycles. The molecule has 0 aromatic heterocycles. The minimum absolute atomic E-state index is 0.219. The third-order valence-corrected chi connectivity index (χ3v) is 4.10. The Hall–Kier alpha value is -3.02. The Morgan fingerprint density at radius 2 is 1.64 bits per heavy atom. The van der Waals surface area contributed by atoms with Gasteiger partial charge in [0.2, 0.25) is 0 Å². The molecule has 0 saturated heterocycles. The number of carbonyl (C=O) groups excluding carboxylic acids is 2. The zero-order valence-electron chi connectivity index (χ0n) is 16.8. The molecule has 2 rings (SSSR count). The van der Waals surface area contributed by atoms with Gasteiger partial charge in [-0.3, -0.25) is 9.59 Å². The highest BCUT2D eigenvalue weighted by Gasteiger charge is 2.22. The maximum Gasteiger partial charge on any atom is 0.265 e. The van der Waals surface area contributed by atoms with E-state index in [1.807, 2.05) is 32.9 Å². The van der Waals surface area contributed by atoms with Gasteiger partial charge in [-0.05, 0) is 36.6 Å². The molecule has 0 saturated carbocycles. The van der Waals surface area contributed by atoms with E-state index in [1.165, 1.54) is 0 Å². The number of benzene rings is 2. The first kappa shape index (κ1) is 21.3. The van der Waals surface area contributed by atoms with Crippen molar-refractivity contribution in [1.29, 1.82) is 0 Å². The zero-order valence-corrected chi connectivity index (χ0v) is 16.8. The molecule has 0 radical (unpaired) electrons. The second kappa shape index (κ2) is 10.3. The van der Waals surface area contributed by atoms with E-state index in [9.17, 15) is 9.59 Å². The fourth-order valence-corrected chi connectivity index (χ4v) is 2.59. The number of ether oxygens (including phenoxy) is 2. The van der Waals surface area contributed by atoms with Crippen LogP contribution in [0.25, 0.3) is 0 Å². The van der Waals surface area contributed by atoms with Crippen molar-refractivity contribution in [2.75, 3.05) is 19.0 Å². The van der Waals surface area contributed by atoms with E-state index in [0.717, 1.165) is 0 Å². The fraction of sp³-hybridized carbons (Fsp3) is 0.364. The van der Waals surface area contributed by atoms with Crippen LogP contribution in [0.2, 0.25) is 0 Å². The molecule has 0 heterocycles. The molecule has 6 nitrogen and oxygen atoms in total. The van der Waals surface area contributed by atoms with Crippen LogP contribution in [0.4, 0.5) is 5.69 Å². The summed E-state index contributed by atoms with van der Waals surface area (Å²) in [6.07, 6.45) is -0.255. The van der Waals surface area contributed by atoms with Gasteiger partial charge in [0.05, 0.1) is 18.4 Å². The SMILES string of the molecule is CC[C@@H](Oc1ccccc1OC)C(=O)Nc1ccccc1C(=O)NCC(C)C. The van der Waals surface area contributed by atoms with Gasteiger partial charge in [-0.1, -0.05) is 45.0 Å². The normalized spacial score (nSPS) is 11.6. The Morgan fingerprint density at radius 1 is 1.00 bits per heavy atom. The van der Waals surface area contributed by atoms with E-state index in [0.29, 0.717) is 41.6 Å². The van der Waals surface area contributed by atoms with Crippen LogP contribution in [-0.2, 0) is 4.79 Å². The average Bonchev–Trinajstić information content (AvgIpc) is 2.70. The number of anilines is 1. The van der Waals surface area contributed by atoms with Crippen LogP contribution in [0.5, 0.6) is 11.5 Å². The molecule has 28 heavy (non-hydrogen) atoms. The highest BCUT2D eigenvalue weighted by Crippen LogP contribution is 2.27. The van der Waals surface area contributed by atoms with Crippen molar-refractivity contribution in [3.05, 3.63) is 54.1 Å². The second-order valence-corrected chi connectivity index (χ2v) is 6.80. The summed E-state index contributed by atoms with van der Waals surface area (Å²) in [6.45, 7) is 6.47. The summed E-state index contributed by atoms with van der Waals surface area (Å²) in [5, 5.41) is 5.69. The summed E-state index contributed by atoms with van der Waals surface area (Å²) in [7, 11) is 1.55. The van der Waals surface area contributed by atoms with Crippen molar-refractivity contribution in [1.82, 2.24) is 5.32 Å². The topological polar surface area (TPSA) is 76.7 Å². The lowest BCUT2D eigenvalue weighted by atomic mass is 10.1. The Bertz CT molecular complexity index is 805. The lowest BCUT2D eigenvalue weighted by molar-refractivity contribution is -0.122. The Balaban J connectivity index is 2.13. The Labute approximate surface area is 166 Å². The summed E-state index contributed by atoms with van der Waals surface area (Å²) in [4.78, 5) is 25.2. The average molecular weight is 384 g/mol. The lowest BCUT2D eigenvalue weighted by Gasteiger charge is -2.19. The molecule has 1 atom stereocenters. The zero-order chi connectivity index (χ0) is 20.5. The number of para-hydroxylation sites is 3. The van der Waals surface area contributed by atoms with Crippen LogP contribution in [-0.4, -0.2) is 31.6 Å². The molecule has 2 N–H and O–H groups in total. The van der Waals surface area contributed by atoms with Gasteiger partial charge in [0.15, 0.2) is 17.6 Å². The van der Waals surface area contributed by atoms with Gasteiger partial charge in [0, 0.05) is 6.54 Å². The predicted molar refractivity (Wildman–Crippen MR) is 110 cm³/mol. The first-order valence-electron chi connectivity index (χ1n) is 9.44. The molecule has 2 amide bonds. The number of hydrogen-bond acceptors (Lipinski definition) is 4. The molecule has 0 aliphatic rings. The molecule has 0 spiro atoms. The summed E-state index contributed by atoms with van der Waals surface area (Å²) < 4.78 is 11.1. The molecule has 0 unspecified atom stereocenters. The predicted octanol–water partition coefficient (Wildman–Crippen LogP) is 3.88. The smallest absolute Gasteiger partial charge is 0.265 e. The standard InChI is InChI=1S/C22H28N2O4/c1-5-18(28-20-13-9-8-12-19(20)27-4)22(26)24-17-11-7-6-10-16(17)21(25)23-14-15(2)3/h6-13,15,18H,5,14H2,1-4H3,(H,23,25)(H,24,26)/t18-/m1/s1. The molecule has 0 aliphatic heterocycles. The van der Waals surface area contributed by atoms with Crippen molar-refractivity contribution < 1.29 is 19.1 Å². The van der Waals surface area contributed by atoms with Gasteiger partial charge < -0.3 is 20.1 Å². The van der Waals surface area contributed by atoms with Crippen LogP contribution in [0.1, 0.15) is 37.6 Å². The van der Waals surface area contributed by atoms with Gasteiger partial charge in [0.25, 0.3) is 11.8 Å². The Kier molecular flexibility index (Phi) is 7.87. The van der Waals surface area contributed by atoms with Gasteiger partial charge >= 0.3 is 0 Å². The van der Waals surface area contributed by atoms with Crippen LogP contribution in [0.3, 0.4) is 0 Å². The molecular weight excluding hydrogens is 356 g/mol. The maximum absolute atomic E-state index is 12.8. The molecule has 2 aromatic carbocycles. The molecule has 6 heteroatoms.